The van der Waals surface area contributed by atoms with E-state index in [9.17, 15) is 10.2 Å². The summed E-state index contributed by atoms with van der Waals surface area (Å²) in [5.41, 5.74) is 0. The minimum Gasteiger partial charge on any atom is -0.390 e. The van der Waals surface area contributed by atoms with Crippen molar-refractivity contribution in [2.24, 2.45) is 17.8 Å². The van der Waals surface area contributed by atoms with Gasteiger partial charge in [0, 0.05) is 5.92 Å². The molecule has 0 spiro atoms. The highest BCUT2D eigenvalue weighted by Gasteiger charge is 2.47. The fraction of sp³-hybridized carbons (Fsp3) is 0.889. The average molecular weight is 167 g/mol. The molecule has 0 amide bonds. The molecule has 0 aromatic carbocycles. The monoisotopic (exact) mass is 167 g/mol. The maximum atomic E-state index is 9.57. The summed E-state index contributed by atoms with van der Waals surface area (Å²) in [6, 6.07) is 2.22. The molecule has 3 aliphatic carbocycles. The van der Waals surface area contributed by atoms with Crippen molar-refractivity contribution in [3.63, 3.8) is 0 Å². The molecule has 5 atom stereocenters. The number of fused-ring (bicyclic) bond motifs is 3. The Bertz CT molecular complexity index is 221. The van der Waals surface area contributed by atoms with Gasteiger partial charge in [-0.1, -0.05) is 0 Å². The van der Waals surface area contributed by atoms with Crippen LogP contribution >= 0.6 is 0 Å². The van der Waals surface area contributed by atoms with Gasteiger partial charge in [-0.25, -0.2) is 0 Å². The third-order valence-electron chi connectivity index (χ3n) is 3.38. The predicted octanol–water partition coefficient (Wildman–Crippen LogP) is 0.278. The topological polar surface area (TPSA) is 64.2 Å². The molecule has 0 unspecified atom stereocenters. The normalized spacial score (nSPS) is 51.9. The van der Waals surface area contributed by atoms with E-state index >= 15 is 0 Å². The van der Waals surface area contributed by atoms with Crippen molar-refractivity contribution < 1.29 is 10.2 Å². The lowest BCUT2D eigenvalue weighted by Crippen LogP contribution is -2.51. The van der Waals surface area contributed by atoms with E-state index in [1.165, 1.54) is 0 Å². The minimum absolute atomic E-state index is 0.0231. The molecule has 66 valence electrons. The second-order valence-electron chi connectivity index (χ2n) is 3.95. The van der Waals surface area contributed by atoms with Crippen molar-refractivity contribution in [2.75, 3.05) is 0 Å². The molecule has 2 bridgehead atoms. The largest absolute Gasteiger partial charge is 0.390 e. The van der Waals surface area contributed by atoms with Crippen molar-refractivity contribution in [2.45, 2.75) is 31.5 Å². The van der Waals surface area contributed by atoms with Crippen LogP contribution in [0.2, 0.25) is 0 Å². The van der Waals surface area contributed by atoms with Crippen molar-refractivity contribution in [1.82, 2.24) is 0 Å². The van der Waals surface area contributed by atoms with Crippen LogP contribution in [-0.2, 0) is 0 Å². The van der Waals surface area contributed by atoms with Gasteiger partial charge in [0.15, 0.2) is 0 Å². The Kier molecular flexibility index (Phi) is 1.82. The molecule has 0 aromatic heterocycles. The second-order valence-corrected chi connectivity index (χ2v) is 3.95. The van der Waals surface area contributed by atoms with Gasteiger partial charge >= 0.3 is 0 Å². The van der Waals surface area contributed by atoms with Crippen LogP contribution in [0.5, 0.6) is 0 Å². The lowest BCUT2D eigenvalue weighted by Gasteiger charge is -2.46. The van der Waals surface area contributed by atoms with E-state index in [0.717, 1.165) is 19.3 Å². The molecule has 3 saturated carbocycles. The molecule has 0 radical (unpaired) electrons. The lowest BCUT2D eigenvalue weighted by molar-refractivity contribution is -0.122. The summed E-state index contributed by atoms with van der Waals surface area (Å²) in [7, 11) is 0. The van der Waals surface area contributed by atoms with Gasteiger partial charge in [-0.3, -0.25) is 0 Å². The molecule has 0 heterocycles. The highest BCUT2D eigenvalue weighted by atomic mass is 16.3. The summed E-state index contributed by atoms with van der Waals surface area (Å²) >= 11 is 0. The Balaban J connectivity index is 2.19. The van der Waals surface area contributed by atoms with Crippen LogP contribution in [0.1, 0.15) is 19.3 Å². The highest BCUT2D eigenvalue weighted by Crippen LogP contribution is 2.44. The van der Waals surface area contributed by atoms with E-state index in [4.69, 9.17) is 5.26 Å². The third-order valence-corrected chi connectivity index (χ3v) is 3.38. The van der Waals surface area contributed by atoms with E-state index in [2.05, 4.69) is 6.07 Å². The van der Waals surface area contributed by atoms with Gasteiger partial charge in [-0.2, -0.15) is 5.26 Å². The smallest absolute Gasteiger partial charge is 0.0842 e. The Morgan fingerprint density at radius 1 is 1.17 bits per heavy atom. The number of aliphatic hydroxyl groups is 2. The van der Waals surface area contributed by atoms with Crippen LogP contribution in [0.3, 0.4) is 0 Å². The Labute approximate surface area is 71.6 Å². The lowest BCUT2D eigenvalue weighted by atomic mass is 9.62. The molecular formula is C9H13NO2. The number of hydrogen-bond acceptors (Lipinski definition) is 3. The Hall–Kier alpha value is -0.590. The van der Waals surface area contributed by atoms with Gasteiger partial charge in [0.2, 0.25) is 0 Å². The van der Waals surface area contributed by atoms with Gasteiger partial charge in [-0.05, 0) is 25.2 Å². The predicted molar refractivity (Wildman–Crippen MR) is 41.9 cm³/mol. The molecule has 12 heavy (non-hydrogen) atoms. The summed E-state index contributed by atoms with van der Waals surface area (Å²) in [6.07, 6.45) is 1.43. The average Bonchev–Trinajstić information content (AvgIpc) is 2.12. The maximum Gasteiger partial charge on any atom is 0.0842 e. The van der Waals surface area contributed by atoms with Crippen LogP contribution in [0.25, 0.3) is 0 Å². The minimum atomic E-state index is -0.651. The van der Waals surface area contributed by atoms with Crippen molar-refractivity contribution in [3.8, 4) is 6.07 Å². The van der Waals surface area contributed by atoms with E-state index in [0.29, 0.717) is 0 Å². The first kappa shape index (κ1) is 8.03. The molecular weight excluding hydrogens is 154 g/mol. The Morgan fingerprint density at radius 2 is 1.92 bits per heavy atom. The first-order valence-corrected chi connectivity index (χ1v) is 4.50. The zero-order valence-corrected chi connectivity index (χ0v) is 6.85. The van der Waals surface area contributed by atoms with E-state index in [1.807, 2.05) is 0 Å². The standard InChI is InChI=1S/C9H13NO2/c10-4-6-3-5-1-2-7(6)9(12)8(5)11/h5-9,11-12H,1-3H2/t5-,6-,7+,8-,9+/m1/s1. The summed E-state index contributed by atoms with van der Waals surface area (Å²) in [6.45, 7) is 0. The number of rotatable bonds is 0. The van der Waals surface area contributed by atoms with Crippen LogP contribution in [0, 0.1) is 29.1 Å². The van der Waals surface area contributed by atoms with E-state index < -0.39 is 12.2 Å². The molecule has 3 fully saturated rings. The molecule has 3 nitrogen and oxygen atoms in total. The second kappa shape index (κ2) is 2.72. The van der Waals surface area contributed by atoms with E-state index in [1.54, 1.807) is 0 Å². The first-order chi connectivity index (χ1) is 5.74. The first-order valence-electron chi connectivity index (χ1n) is 4.50. The summed E-state index contributed by atoms with van der Waals surface area (Å²) in [5.74, 6) is 0.159. The number of hydrogen-bond donors (Lipinski definition) is 2. The van der Waals surface area contributed by atoms with Gasteiger partial charge in [-0.15, -0.1) is 0 Å². The quantitative estimate of drug-likeness (QED) is 0.544. The van der Waals surface area contributed by atoms with Crippen molar-refractivity contribution >= 4 is 0 Å². The van der Waals surface area contributed by atoms with Gasteiger partial charge in [0.05, 0.1) is 24.2 Å². The molecule has 3 aliphatic rings. The van der Waals surface area contributed by atoms with Crippen LogP contribution in [-0.4, -0.2) is 22.4 Å². The van der Waals surface area contributed by atoms with Crippen molar-refractivity contribution in [1.29, 1.82) is 5.26 Å². The molecule has 0 aliphatic heterocycles. The maximum absolute atomic E-state index is 9.57. The molecule has 3 rings (SSSR count). The van der Waals surface area contributed by atoms with Crippen LogP contribution in [0.4, 0.5) is 0 Å². The number of nitrogens with zero attached hydrogens (tertiary/aromatic N) is 1. The van der Waals surface area contributed by atoms with Gasteiger partial charge < -0.3 is 10.2 Å². The molecule has 0 saturated heterocycles. The van der Waals surface area contributed by atoms with Gasteiger partial charge in [0.25, 0.3) is 0 Å². The number of nitriles is 1. The van der Waals surface area contributed by atoms with Crippen LogP contribution in [0.15, 0.2) is 0 Å². The molecule has 2 N–H and O–H groups in total. The fourth-order valence-electron chi connectivity index (χ4n) is 2.63. The SMILES string of the molecule is N#C[C@H]1C[C@H]2CC[C@@H]1[C@H](O)[C@@H]2O. The molecule has 3 heteroatoms. The fourth-order valence-corrected chi connectivity index (χ4v) is 2.63. The number of aliphatic hydroxyl groups excluding tert-OH is 2. The Morgan fingerprint density at radius 3 is 2.50 bits per heavy atom. The van der Waals surface area contributed by atoms with Crippen LogP contribution < -0.4 is 0 Å². The van der Waals surface area contributed by atoms with Crippen molar-refractivity contribution in [3.05, 3.63) is 0 Å². The highest BCUT2D eigenvalue weighted by molar-refractivity contribution is 5.04. The van der Waals surface area contributed by atoms with E-state index in [-0.39, 0.29) is 17.8 Å². The third kappa shape index (κ3) is 0.954. The summed E-state index contributed by atoms with van der Waals surface area (Å²) in [5, 5.41) is 27.9. The summed E-state index contributed by atoms with van der Waals surface area (Å²) in [4.78, 5) is 0. The zero-order valence-electron chi connectivity index (χ0n) is 6.85. The summed E-state index contributed by atoms with van der Waals surface area (Å²) < 4.78 is 0. The van der Waals surface area contributed by atoms with Gasteiger partial charge in [0.1, 0.15) is 0 Å². The molecule has 0 aromatic rings. The zero-order chi connectivity index (χ0) is 8.72.